The van der Waals surface area contributed by atoms with E-state index in [1.165, 1.54) is 47.9 Å². The highest BCUT2D eigenvalue weighted by atomic mass is 16.5. The van der Waals surface area contributed by atoms with E-state index in [1.807, 2.05) is 19.1 Å². The van der Waals surface area contributed by atoms with E-state index in [2.05, 4.69) is 73.3 Å². The second-order valence-corrected chi connectivity index (χ2v) is 7.67. The molecule has 0 amide bonds. The summed E-state index contributed by atoms with van der Waals surface area (Å²) < 4.78 is 5.61. The lowest BCUT2D eigenvalue weighted by atomic mass is 9.82. The van der Waals surface area contributed by atoms with Crippen molar-refractivity contribution in [2.75, 3.05) is 6.61 Å². The van der Waals surface area contributed by atoms with Crippen LogP contribution in [0.5, 0.6) is 0 Å². The number of hydrogen-bond acceptors (Lipinski definition) is 1. The molecule has 0 aromatic heterocycles. The monoisotopic (exact) mass is 372 g/mol. The maximum absolute atomic E-state index is 5.61. The molecule has 28 heavy (non-hydrogen) atoms. The second-order valence-electron chi connectivity index (χ2n) is 7.67. The number of ether oxygens (including phenoxy) is 1. The van der Waals surface area contributed by atoms with Gasteiger partial charge in [0.1, 0.15) is 0 Å². The fourth-order valence-corrected chi connectivity index (χ4v) is 3.74. The Balaban J connectivity index is 1.53. The molecule has 1 aliphatic rings. The third-order valence-corrected chi connectivity index (χ3v) is 5.63. The van der Waals surface area contributed by atoms with Gasteiger partial charge < -0.3 is 4.74 Å². The van der Waals surface area contributed by atoms with Crippen molar-refractivity contribution in [2.45, 2.75) is 39.2 Å². The molecule has 0 aliphatic heterocycles. The Hall–Kier alpha value is -2.38. The second kappa shape index (κ2) is 10.8. The summed E-state index contributed by atoms with van der Waals surface area (Å²) in [6.45, 7) is 7.27. The average molecular weight is 373 g/mol. The van der Waals surface area contributed by atoms with Crippen LogP contribution in [0.25, 0.3) is 17.2 Å². The fraction of sp³-hybridized carbons (Fsp3) is 0.333. The lowest BCUT2D eigenvalue weighted by Gasteiger charge is -2.24. The molecule has 146 valence electrons. The molecule has 1 fully saturated rings. The molecule has 0 heterocycles. The predicted molar refractivity (Wildman–Crippen MR) is 121 cm³/mol. The first-order chi connectivity index (χ1) is 13.8. The molecule has 2 aromatic carbocycles. The molecule has 0 saturated heterocycles. The van der Waals surface area contributed by atoms with Crippen LogP contribution in [0, 0.1) is 11.8 Å². The standard InChI is InChI=1S/C27H32O/c1-3-5-20-28-21-25-14-18-27(19-15-25)26-16-12-24(13-17-26)11-10-23-8-6-22(4-2)7-9-23/h3-5,10-19,22-23H,2,6-9,20-21H2,1H3/b5-3+,11-10+/t22-,23-. The molecule has 3 rings (SSSR count). The topological polar surface area (TPSA) is 9.23 Å². The van der Waals surface area contributed by atoms with Crippen molar-refractivity contribution in [3.8, 4) is 11.1 Å². The molecule has 0 spiro atoms. The first-order valence-electron chi connectivity index (χ1n) is 10.5. The molecule has 0 radical (unpaired) electrons. The van der Waals surface area contributed by atoms with Gasteiger partial charge in [0.15, 0.2) is 0 Å². The summed E-state index contributed by atoms with van der Waals surface area (Å²) in [7, 11) is 0. The van der Waals surface area contributed by atoms with E-state index in [4.69, 9.17) is 4.74 Å². The van der Waals surface area contributed by atoms with E-state index in [9.17, 15) is 0 Å². The Morgan fingerprint density at radius 3 is 2.11 bits per heavy atom. The van der Waals surface area contributed by atoms with E-state index >= 15 is 0 Å². The van der Waals surface area contributed by atoms with E-state index in [0.29, 0.717) is 13.2 Å². The number of allylic oxidation sites excluding steroid dienone is 3. The molecule has 0 bridgehead atoms. The van der Waals surface area contributed by atoms with Crippen LogP contribution in [-0.2, 0) is 11.3 Å². The smallest absolute Gasteiger partial charge is 0.0721 e. The van der Waals surface area contributed by atoms with Gasteiger partial charge in [-0.1, -0.05) is 78.9 Å². The Morgan fingerprint density at radius 1 is 0.893 bits per heavy atom. The van der Waals surface area contributed by atoms with Gasteiger partial charge in [0.25, 0.3) is 0 Å². The summed E-state index contributed by atoms with van der Waals surface area (Å²) in [6, 6.07) is 17.5. The van der Waals surface area contributed by atoms with Crippen LogP contribution in [0.2, 0.25) is 0 Å². The van der Waals surface area contributed by atoms with Crippen molar-refractivity contribution in [1.29, 1.82) is 0 Å². The van der Waals surface area contributed by atoms with Crippen LogP contribution in [-0.4, -0.2) is 6.61 Å². The average Bonchev–Trinajstić information content (AvgIpc) is 2.76. The molecule has 1 aliphatic carbocycles. The Kier molecular flexibility index (Phi) is 7.87. The Bertz CT molecular complexity index is 772. The Morgan fingerprint density at radius 2 is 1.50 bits per heavy atom. The van der Waals surface area contributed by atoms with Crippen molar-refractivity contribution in [2.24, 2.45) is 11.8 Å². The van der Waals surface area contributed by atoms with Gasteiger partial charge in [-0.25, -0.2) is 0 Å². The minimum atomic E-state index is 0.656. The van der Waals surface area contributed by atoms with Crippen LogP contribution in [0.4, 0.5) is 0 Å². The Labute approximate surface area is 170 Å². The molecule has 1 saturated carbocycles. The summed E-state index contributed by atoms with van der Waals surface area (Å²) in [5, 5.41) is 0. The summed E-state index contributed by atoms with van der Waals surface area (Å²) >= 11 is 0. The highest BCUT2D eigenvalue weighted by Gasteiger charge is 2.16. The van der Waals surface area contributed by atoms with E-state index in [1.54, 1.807) is 0 Å². The molecule has 1 heteroatoms. The van der Waals surface area contributed by atoms with Crippen molar-refractivity contribution in [1.82, 2.24) is 0 Å². The van der Waals surface area contributed by atoms with Crippen LogP contribution >= 0.6 is 0 Å². The minimum absolute atomic E-state index is 0.656. The summed E-state index contributed by atoms with van der Waals surface area (Å²) in [5.74, 6) is 1.45. The fourth-order valence-electron chi connectivity index (χ4n) is 3.74. The molecule has 2 aromatic rings. The lowest BCUT2D eigenvalue weighted by Crippen LogP contribution is -2.10. The lowest BCUT2D eigenvalue weighted by molar-refractivity contribution is 0.148. The third kappa shape index (κ3) is 6.07. The molecule has 0 atom stereocenters. The largest absolute Gasteiger partial charge is 0.373 e. The van der Waals surface area contributed by atoms with Crippen molar-refractivity contribution in [3.63, 3.8) is 0 Å². The summed E-state index contributed by atoms with van der Waals surface area (Å²) in [6.07, 6.45) is 16.0. The zero-order valence-corrected chi connectivity index (χ0v) is 17.0. The van der Waals surface area contributed by atoms with Crippen LogP contribution in [0.1, 0.15) is 43.7 Å². The van der Waals surface area contributed by atoms with Gasteiger partial charge in [0, 0.05) is 0 Å². The minimum Gasteiger partial charge on any atom is -0.373 e. The van der Waals surface area contributed by atoms with Crippen molar-refractivity contribution in [3.05, 3.63) is 90.5 Å². The number of hydrogen-bond donors (Lipinski definition) is 0. The first-order valence-corrected chi connectivity index (χ1v) is 10.5. The van der Waals surface area contributed by atoms with E-state index in [0.717, 1.165) is 11.8 Å². The normalized spacial score (nSPS) is 20.0. The van der Waals surface area contributed by atoms with Gasteiger partial charge in [-0.15, -0.1) is 6.58 Å². The molecule has 1 nitrogen and oxygen atoms in total. The van der Waals surface area contributed by atoms with Crippen LogP contribution in [0.15, 0.2) is 79.4 Å². The molecule has 0 unspecified atom stereocenters. The zero-order valence-electron chi connectivity index (χ0n) is 17.0. The van der Waals surface area contributed by atoms with Crippen LogP contribution < -0.4 is 0 Å². The molecular weight excluding hydrogens is 340 g/mol. The number of benzene rings is 2. The van der Waals surface area contributed by atoms with Gasteiger partial charge in [-0.05, 0) is 66.7 Å². The predicted octanol–water partition coefficient (Wildman–Crippen LogP) is 7.45. The maximum Gasteiger partial charge on any atom is 0.0721 e. The first kappa shape index (κ1) is 20.4. The third-order valence-electron chi connectivity index (χ3n) is 5.63. The van der Waals surface area contributed by atoms with E-state index in [-0.39, 0.29) is 0 Å². The molecular formula is C27H32O. The van der Waals surface area contributed by atoms with Gasteiger partial charge in [0.05, 0.1) is 13.2 Å². The van der Waals surface area contributed by atoms with Gasteiger partial charge in [-0.3, -0.25) is 0 Å². The highest BCUT2D eigenvalue weighted by molar-refractivity contribution is 5.66. The van der Waals surface area contributed by atoms with Gasteiger partial charge >= 0.3 is 0 Å². The zero-order chi connectivity index (χ0) is 19.6. The van der Waals surface area contributed by atoms with Crippen molar-refractivity contribution >= 4 is 6.08 Å². The SMILES string of the molecule is C=C[C@H]1CC[C@H](/C=C/c2ccc(-c3ccc(COC/C=C/C)cc3)cc2)CC1. The summed E-state index contributed by atoms with van der Waals surface area (Å²) in [5.41, 5.74) is 4.99. The van der Waals surface area contributed by atoms with E-state index < -0.39 is 0 Å². The quantitative estimate of drug-likeness (QED) is 0.345. The van der Waals surface area contributed by atoms with Gasteiger partial charge in [0.2, 0.25) is 0 Å². The highest BCUT2D eigenvalue weighted by Crippen LogP contribution is 2.30. The molecule has 0 N–H and O–H groups in total. The maximum atomic E-state index is 5.61. The number of rotatable bonds is 8. The summed E-state index contributed by atoms with van der Waals surface area (Å²) in [4.78, 5) is 0. The van der Waals surface area contributed by atoms with Crippen LogP contribution in [0.3, 0.4) is 0 Å². The van der Waals surface area contributed by atoms with Crippen molar-refractivity contribution < 1.29 is 4.74 Å². The van der Waals surface area contributed by atoms with Gasteiger partial charge in [-0.2, -0.15) is 0 Å².